The van der Waals surface area contributed by atoms with Gasteiger partial charge in [0, 0.05) is 5.38 Å². The molecule has 12 heavy (non-hydrogen) atoms. The molecule has 0 spiro atoms. The number of hydrogen-bond acceptors (Lipinski definition) is 5. The van der Waals surface area contributed by atoms with E-state index < -0.39 is 0 Å². The second-order valence-corrected chi connectivity index (χ2v) is 3.20. The van der Waals surface area contributed by atoms with Crippen molar-refractivity contribution in [3.05, 3.63) is 15.5 Å². The molecule has 0 N–H and O–H groups in total. The Morgan fingerprint density at radius 3 is 3.08 bits per heavy atom. The lowest BCUT2D eigenvalue weighted by atomic mass is 10.3. The molecular weight excluding hydrogens is 200 g/mol. The molecule has 0 aliphatic carbocycles. The van der Waals surface area contributed by atoms with E-state index in [-0.39, 0.29) is 5.71 Å². The van der Waals surface area contributed by atoms with Crippen molar-refractivity contribution in [1.29, 1.82) is 0 Å². The molecule has 6 heteroatoms. The summed E-state index contributed by atoms with van der Waals surface area (Å²) >= 11 is 6.79. The van der Waals surface area contributed by atoms with Crippen LogP contribution in [-0.4, -0.2) is 24.1 Å². The van der Waals surface area contributed by atoms with Crippen LogP contribution in [-0.2, 0) is 9.63 Å². The van der Waals surface area contributed by atoms with Crippen LogP contribution in [0, 0.1) is 0 Å². The Bertz CT molecular complexity index is 310. The fourth-order valence-electron chi connectivity index (χ4n) is 0.596. The molecule has 64 valence electrons. The molecule has 0 atom stereocenters. The highest BCUT2D eigenvalue weighted by Crippen LogP contribution is 2.15. The van der Waals surface area contributed by atoms with Gasteiger partial charge >= 0.3 is 0 Å². The highest BCUT2D eigenvalue weighted by atomic mass is 35.5. The van der Waals surface area contributed by atoms with Gasteiger partial charge in [0.25, 0.3) is 0 Å². The SMILES string of the molecule is CO/N=C(\C=O)c1csc(Cl)n1. The number of carbonyl (C=O) groups is 1. The van der Waals surface area contributed by atoms with Crippen molar-refractivity contribution in [2.24, 2.45) is 5.16 Å². The van der Waals surface area contributed by atoms with E-state index in [1.54, 1.807) is 5.38 Å². The van der Waals surface area contributed by atoms with Crippen LogP contribution in [0.25, 0.3) is 0 Å². The van der Waals surface area contributed by atoms with Crippen molar-refractivity contribution in [1.82, 2.24) is 4.98 Å². The molecule has 0 unspecified atom stereocenters. The van der Waals surface area contributed by atoms with Crippen molar-refractivity contribution in [3.8, 4) is 0 Å². The number of halogens is 1. The first-order chi connectivity index (χ1) is 5.77. The largest absolute Gasteiger partial charge is 0.398 e. The molecule has 4 nitrogen and oxygen atoms in total. The lowest BCUT2D eigenvalue weighted by molar-refractivity contribution is -0.102. The first kappa shape index (κ1) is 9.15. The molecule has 1 heterocycles. The van der Waals surface area contributed by atoms with Crippen LogP contribution in [0.15, 0.2) is 10.5 Å². The smallest absolute Gasteiger partial charge is 0.184 e. The van der Waals surface area contributed by atoms with Crippen LogP contribution in [0.1, 0.15) is 5.69 Å². The van der Waals surface area contributed by atoms with E-state index in [1.165, 1.54) is 18.4 Å². The van der Waals surface area contributed by atoms with E-state index in [1.807, 2.05) is 0 Å². The van der Waals surface area contributed by atoms with Gasteiger partial charge in [0.15, 0.2) is 16.5 Å². The predicted octanol–water partition coefficient (Wildman–Crippen LogP) is 1.35. The van der Waals surface area contributed by atoms with Crippen molar-refractivity contribution in [3.63, 3.8) is 0 Å². The minimum absolute atomic E-state index is 0.139. The van der Waals surface area contributed by atoms with Gasteiger partial charge in [0.05, 0.1) is 0 Å². The Morgan fingerprint density at radius 1 is 1.92 bits per heavy atom. The lowest BCUT2D eigenvalue weighted by Crippen LogP contribution is -2.02. The maximum Gasteiger partial charge on any atom is 0.184 e. The zero-order valence-electron chi connectivity index (χ0n) is 6.15. The van der Waals surface area contributed by atoms with Gasteiger partial charge in [-0.3, -0.25) is 4.79 Å². The Hall–Kier alpha value is -0.940. The van der Waals surface area contributed by atoms with Crippen LogP contribution >= 0.6 is 22.9 Å². The Morgan fingerprint density at radius 2 is 2.67 bits per heavy atom. The monoisotopic (exact) mass is 204 g/mol. The zero-order chi connectivity index (χ0) is 8.97. The third-order valence-corrected chi connectivity index (χ3v) is 2.02. The zero-order valence-corrected chi connectivity index (χ0v) is 7.72. The summed E-state index contributed by atoms with van der Waals surface area (Å²) in [5.74, 6) is 0. The number of hydrogen-bond donors (Lipinski definition) is 0. The van der Waals surface area contributed by atoms with Crippen molar-refractivity contribution in [2.75, 3.05) is 7.11 Å². The van der Waals surface area contributed by atoms with Gasteiger partial charge in [-0.2, -0.15) is 0 Å². The van der Waals surface area contributed by atoms with E-state index >= 15 is 0 Å². The molecule has 1 aromatic rings. The van der Waals surface area contributed by atoms with Crippen LogP contribution in [0.4, 0.5) is 0 Å². The summed E-state index contributed by atoms with van der Waals surface area (Å²) in [7, 11) is 1.36. The molecule has 0 amide bonds. The first-order valence-electron chi connectivity index (χ1n) is 2.95. The fraction of sp³-hybridized carbons (Fsp3) is 0.167. The van der Waals surface area contributed by atoms with Crippen molar-refractivity contribution < 1.29 is 9.63 Å². The summed E-state index contributed by atoms with van der Waals surface area (Å²) < 4.78 is 0.371. The van der Waals surface area contributed by atoms with Gasteiger partial charge in [-0.1, -0.05) is 16.8 Å². The molecule has 1 aromatic heterocycles. The second kappa shape index (κ2) is 4.18. The molecule has 0 fully saturated rings. The van der Waals surface area contributed by atoms with Gasteiger partial charge in [-0.25, -0.2) is 4.98 Å². The van der Waals surface area contributed by atoms with Crippen molar-refractivity contribution >= 4 is 34.9 Å². The molecule has 0 aliphatic rings. The van der Waals surface area contributed by atoms with Crippen LogP contribution < -0.4 is 0 Å². The summed E-state index contributed by atoms with van der Waals surface area (Å²) in [5, 5.41) is 5.09. The molecule has 0 bridgehead atoms. The molecule has 0 saturated heterocycles. The van der Waals surface area contributed by atoms with E-state index in [0.717, 1.165) is 0 Å². The average molecular weight is 205 g/mol. The van der Waals surface area contributed by atoms with Gasteiger partial charge in [0.2, 0.25) is 0 Å². The van der Waals surface area contributed by atoms with Gasteiger partial charge in [-0.05, 0) is 0 Å². The van der Waals surface area contributed by atoms with Crippen LogP contribution in [0.2, 0.25) is 4.47 Å². The number of rotatable bonds is 3. The highest BCUT2D eigenvalue weighted by Gasteiger charge is 2.06. The average Bonchev–Trinajstić information content (AvgIpc) is 2.47. The number of oxime groups is 1. The summed E-state index contributed by atoms with van der Waals surface area (Å²) in [6, 6.07) is 0. The van der Waals surface area contributed by atoms with Crippen LogP contribution in [0.5, 0.6) is 0 Å². The maximum atomic E-state index is 10.4. The second-order valence-electron chi connectivity index (χ2n) is 1.76. The van der Waals surface area contributed by atoms with Gasteiger partial charge in [-0.15, -0.1) is 11.3 Å². The Balaban J connectivity index is 2.94. The minimum atomic E-state index is 0.139. The predicted molar refractivity (Wildman–Crippen MR) is 46.7 cm³/mol. The Kier molecular flexibility index (Phi) is 3.19. The summed E-state index contributed by atoms with van der Waals surface area (Å²) in [5.41, 5.74) is 0.572. The number of carbonyl (C=O) groups excluding carboxylic acids is 1. The third kappa shape index (κ3) is 2.02. The third-order valence-electron chi connectivity index (χ3n) is 1.04. The lowest BCUT2D eigenvalue weighted by Gasteiger charge is -1.90. The summed E-state index contributed by atoms with van der Waals surface area (Å²) in [6.45, 7) is 0. The number of aldehydes is 1. The Labute approximate surface area is 77.8 Å². The topological polar surface area (TPSA) is 51.5 Å². The number of aromatic nitrogens is 1. The normalized spacial score (nSPS) is 11.3. The standard InChI is InChI=1S/C6H5ClN2O2S/c1-11-9-4(2-10)5-3-12-6(7)8-5/h2-3H,1H3/b9-4+. The summed E-state index contributed by atoms with van der Waals surface area (Å²) in [4.78, 5) is 18.7. The molecule has 1 rings (SSSR count). The van der Waals surface area contributed by atoms with E-state index in [4.69, 9.17) is 11.6 Å². The van der Waals surface area contributed by atoms with E-state index in [0.29, 0.717) is 16.4 Å². The van der Waals surface area contributed by atoms with Gasteiger partial charge in [0.1, 0.15) is 12.8 Å². The molecule has 0 saturated carbocycles. The fourth-order valence-corrected chi connectivity index (χ4v) is 1.35. The number of nitrogens with zero attached hydrogens (tertiary/aromatic N) is 2. The maximum absolute atomic E-state index is 10.4. The van der Waals surface area contributed by atoms with E-state index in [2.05, 4.69) is 15.0 Å². The molecular formula is C6H5ClN2O2S. The minimum Gasteiger partial charge on any atom is -0.398 e. The molecule has 0 aliphatic heterocycles. The van der Waals surface area contributed by atoms with Gasteiger partial charge < -0.3 is 4.84 Å². The summed E-state index contributed by atoms with van der Waals surface area (Å²) in [6.07, 6.45) is 0.564. The first-order valence-corrected chi connectivity index (χ1v) is 4.21. The quantitative estimate of drug-likeness (QED) is 0.424. The highest BCUT2D eigenvalue weighted by molar-refractivity contribution is 7.14. The van der Waals surface area contributed by atoms with Crippen molar-refractivity contribution in [2.45, 2.75) is 0 Å². The number of thiazole rings is 1. The van der Waals surface area contributed by atoms with Crippen LogP contribution in [0.3, 0.4) is 0 Å². The van der Waals surface area contributed by atoms with E-state index in [9.17, 15) is 4.79 Å². The molecule has 0 aromatic carbocycles. The molecule has 0 radical (unpaired) electrons.